The van der Waals surface area contributed by atoms with Crippen molar-refractivity contribution >= 4 is 39.5 Å². The maximum absolute atomic E-state index is 13.5. The van der Waals surface area contributed by atoms with Crippen molar-refractivity contribution in [2.75, 3.05) is 70.0 Å². The van der Waals surface area contributed by atoms with Crippen LogP contribution in [0.5, 0.6) is 5.75 Å². The third-order valence-corrected chi connectivity index (χ3v) is 10.4. The van der Waals surface area contributed by atoms with Crippen molar-refractivity contribution in [2.45, 2.75) is 102 Å². The second-order valence-electron chi connectivity index (χ2n) is 16.8. The van der Waals surface area contributed by atoms with Crippen LogP contribution in [0.2, 0.25) is 0 Å². The van der Waals surface area contributed by atoms with Gasteiger partial charge in [0.2, 0.25) is 15.9 Å². The van der Waals surface area contributed by atoms with E-state index in [0.29, 0.717) is 24.5 Å². The highest BCUT2D eigenvalue weighted by atomic mass is 32.2. The lowest BCUT2D eigenvalue weighted by atomic mass is 10.0. The van der Waals surface area contributed by atoms with Gasteiger partial charge in [0.15, 0.2) is 0 Å². The van der Waals surface area contributed by atoms with Gasteiger partial charge < -0.3 is 44.4 Å². The molecule has 0 saturated heterocycles. The van der Waals surface area contributed by atoms with Crippen LogP contribution in [0.25, 0.3) is 0 Å². The van der Waals surface area contributed by atoms with E-state index in [1.54, 1.807) is 53.7 Å². The summed E-state index contributed by atoms with van der Waals surface area (Å²) in [5.74, 6) is -0.364. The third-order valence-electron chi connectivity index (χ3n) is 8.90. The van der Waals surface area contributed by atoms with Crippen molar-refractivity contribution in [2.24, 2.45) is 0 Å². The Morgan fingerprint density at radius 1 is 0.844 bits per heavy atom. The maximum Gasteiger partial charge on any atom is 0.416 e. The number of nitrogens with zero attached hydrogens (tertiary/aromatic N) is 1. The first-order valence-corrected chi connectivity index (χ1v) is 22.5. The number of sulfonamides is 1. The van der Waals surface area contributed by atoms with Gasteiger partial charge in [-0.15, -0.1) is 0 Å². The summed E-state index contributed by atoms with van der Waals surface area (Å²) in [5.41, 5.74) is -0.208. The summed E-state index contributed by atoms with van der Waals surface area (Å²) in [5, 5.41) is 8.67. The van der Waals surface area contributed by atoms with Crippen molar-refractivity contribution in [1.29, 1.82) is 0 Å². The monoisotopic (exact) mass is 923 g/mol. The lowest BCUT2D eigenvalue weighted by molar-refractivity contribution is -0.157. The van der Waals surface area contributed by atoms with Gasteiger partial charge >= 0.3 is 18.2 Å². The van der Waals surface area contributed by atoms with Crippen molar-refractivity contribution < 1.29 is 64.4 Å². The molecule has 16 nitrogen and oxygen atoms in total. The summed E-state index contributed by atoms with van der Waals surface area (Å²) in [7, 11) is -4.68. The number of amides is 2. The predicted molar refractivity (Wildman–Crippen MR) is 232 cm³/mol. The number of pyridine rings is 1. The molecule has 0 spiro atoms. The number of alkyl carbamates (subject to hydrolysis) is 1. The van der Waals surface area contributed by atoms with Crippen LogP contribution in [0.15, 0.2) is 59.5 Å². The fraction of sp³-hybridized carbons (Fsp3) is 0.545. The van der Waals surface area contributed by atoms with Crippen molar-refractivity contribution in [3.05, 3.63) is 77.0 Å². The Labute approximate surface area is 372 Å². The Kier molecular flexibility index (Phi) is 19.2. The van der Waals surface area contributed by atoms with Crippen molar-refractivity contribution in [1.82, 2.24) is 15.0 Å². The average molecular weight is 924 g/mol. The molecule has 0 bridgehead atoms. The predicted octanol–water partition coefficient (Wildman–Crippen LogP) is 6.21. The van der Waals surface area contributed by atoms with Crippen LogP contribution in [0.1, 0.15) is 76.8 Å². The van der Waals surface area contributed by atoms with Gasteiger partial charge in [-0.3, -0.25) is 9.59 Å². The Balaban J connectivity index is 1.40. The molecule has 1 aromatic heterocycles. The number of carbonyl (C=O) groups is 3. The van der Waals surface area contributed by atoms with Crippen LogP contribution in [0, 0.1) is 0 Å². The number of anilines is 2. The van der Waals surface area contributed by atoms with E-state index in [4.69, 9.17) is 33.4 Å². The van der Waals surface area contributed by atoms with Gasteiger partial charge in [0.05, 0.1) is 55.8 Å². The largest absolute Gasteiger partial charge is 0.491 e. The SMILES string of the molecule is CC(C)(C)OC(=O)NCCOCCOCCOCC(=O)Nc1cc(C[C@H](NS(=O)(=O)c2cccc(C(F)(F)F)c2)C(=O)OC(C)(C)C)ccc1OCCCc1ccc2c(n1)NCCC2. The highest BCUT2D eigenvalue weighted by Crippen LogP contribution is 2.31. The minimum Gasteiger partial charge on any atom is -0.491 e. The summed E-state index contributed by atoms with van der Waals surface area (Å²) in [6.07, 6.45) is -2.45. The quantitative estimate of drug-likeness (QED) is 0.0618. The Bertz CT molecular complexity index is 2130. The number of nitrogens with one attached hydrogen (secondary N) is 4. The van der Waals surface area contributed by atoms with Gasteiger partial charge in [0.25, 0.3) is 0 Å². The van der Waals surface area contributed by atoms with Gasteiger partial charge in [0.1, 0.15) is 35.4 Å². The zero-order valence-corrected chi connectivity index (χ0v) is 38.0. The molecule has 0 saturated carbocycles. The normalized spacial score (nSPS) is 13.6. The fourth-order valence-electron chi connectivity index (χ4n) is 6.08. The molecular formula is C44H60F3N5O11S. The molecule has 0 aliphatic carbocycles. The van der Waals surface area contributed by atoms with E-state index < -0.39 is 61.9 Å². The van der Waals surface area contributed by atoms with Crippen molar-refractivity contribution in [3.8, 4) is 5.75 Å². The summed E-state index contributed by atoms with van der Waals surface area (Å²) in [6, 6.07) is 10.3. The van der Waals surface area contributed by atoms with Gasteiger partial charge in [-0.05, 0) is 121 Å². The topological polar surface area (TPSA) is 202 Å². The van der Waals surface area contributed by atoms with E-state index in [2.05, 4.69) is 26.7 Å². The number of hydrogen-bond donors (Lipinski definition) is 4. The summed E-state index contributed by atoms with van der Waals surface area (Å²) < 4.78 is 103. The van der Waals surface area contributed by atoms with E-state index in [0.717, 1.165) is 49.1 Å². The van der Waals surface area contributed by atoms with E-state index in [9.17, 15) is 36.0 Å². The van der Waals surface area contributed by atoms with E-state index in [-0.39, 0.29) is 70.7 Å². The number of benzene rings is 2. The first-order valence-electron chi connectivity index (χ1n) is 21.0. The second kappa shape index (κ2) is 23.8. The van der Waals surface area contributed by atoms with Gasteiger partial charge in [0, 0.05) is 18.8 Å². The van der Waals surface area contributed by atoms with Crippen LogP contribution < -0.4 is 25.4 Å². The molecule has 1 aliphatic rings. The zero-order chi connectivity index (χ0) is 47.0. The number of ether oxygens (including phenoxy) is 6. The molecule has 4 rings (SSSR count). The van der Waals surface area contributed by atoms with E-state index >= 15 is 0 Å². The summed E-state index contributed by atoms with van der Waals surface area (Å²) >= 11 is 0. The third kappa shape index (κ3) is 18.6. The first kappa shape index (κ1) is 51.6. The van der Waals surface area contributed by atoms with Crippen LogP contribution in [-0.2, 0) is 68.7 Å². The number of aryl methyl sites for hydroxylation is 2. The van der Waals surface area contributed by atoms with Gasteiger partial charge in [-0.2, -0.15) is 17.9 Å². The van der Waals surface area contributed by atoms with Crippen LogP contribution >= 0.6 is 0 Å². The van der Waals surface area contributed by atoms with Crippen LogP contribution in [-0.4, -0.2) is 108 Å². The van der Waals surface area contributed by atoms with E-state index in [1.165, 1.54) is 11.6 Å². The molecule has 20 heteroatoms. The Hall–Kier alpha value is -5.02. The Morgan fingerprint density at radius 3 is 2.25 bits per heavy atom. The summed E-state index contributed by atoms with van der Waals surface area (Å²) in [4.78, 5) is 42.3. The minimum atomic E-state index is -4.81. The summed E-state index contributed by atoms with van der Waals surface area (Å²) in [6.45, 7) is 12.1. The second-order valence-corrected chi connectivity index (χ2v) is 18.5. The molecule has 4 N–H and O–H groups in total. The van der Waals surface area contributed by atoms with Crippen molar-refractivity contribution in [3.63, 3.8) is 0 Å². The molecule has 0 radical (unpaired) electrons. The molecule has 2 heterocycles. The molecule has 3 aromatic rings. The fourth-order valence-corrected chi connectivity index (χ4v) is 7.31. The molecule has 354 valence electrons. The van der Waals surface area contributed by atoms with Crippen LogP contribution in [0.4, 0.5) is 29.5 Å². The average Bonchev–Trinajstić information content (AvgIpc) is 3.20. The Morgan fingerprint density at radius 2 is 1.55 bits per heavy atom. The number of esters is 1. The molecule has 1 atom stereocenters. The molecule has 1 aliphatic heterocycles. The van der Waals surface area contributed by atoms with Crippen LogP contribution in [0.3, 0.4) is 0 Å². The zero-order valence-electron chi connectivity index (χ0n) is 37.2. The van der Waals surface area contributed by atoms with E-state index in [1.807, 2.05) is 6.07 Å². The number of aromatic nitrogens is 1. The standard InChI is InChI=1S/C44H60F3N5O11S/c1-42(2,3)62-40(54)36(52-64(56,57)34-13-7-11-32(28-34)44(45,46)47)27-30-14-17-37(61-20-9-12-33-16-15-31-10-8-18-48-39(31)50-33)35(26-30)51-38(53)29-60-25-24-59-23-22-58-21-19-49-41(55)63-43(4,5)6/h7,11,13-17,26,28,36,52H,8-10,12,18-25,27,29H2,1-6H3,(H,48,50)(H,49,55)(H,51,53)/t36-/m0/s1. The smallest absolute Gasteiger partial charge is 0.416 e. The van der Waals surface area contributed by atoms with Gasteiger partial charge in [-0.1, -0.05) is 18.2 Å². The minimum absolute atomic E-state index is 0.0762. The molecule has 0 unspecified atom stereocenters. The number of halogens is 3. The molecule has 64 heavy (non-hydrogen) atoms. The number of alkyl halides is 3. The highest BCUT2D eigenvalue weighted by molar-refractivity contribution is 7.89. The maximum atomic E-state index is 13.5. The lowest BCUT2D eigenvalue weighted by Gasteiger charge is -2.25. The number of rotatable bonds is 23. The molecule has 2 aromatic carbocycles. The first-order chi connectivity index (χ1) is 30.1. The number of hydrogen-bond acceptors (Lipinski definition) is 13. The molecule has 2 amide bonds. The molecule has 0 fully saturated rings. The number of fused-ring (bicyclic) bond motifs is 1. The highest BCUT2D eigenvalue weighted by Gasteiger charge is 2.34. The van der Waals surface area contributed by atoms with Gasteiger partial charge in [-0.25, -0.2) is 18.2 Å². The lowest BCUT2D eigenvalue weighted by Crippen LogP contribution is -2.45. The molecular weight excluding hydrogens is 864 g/mol. The number of carbonyl (C=O) groups excluding carboxylic acids is 3.